The first-order valence-electron chi connectivity index (χ1n) is 9.83. The fourth-order valence-corrected chi connectivity index (χ4v) is 3.80. The van der Waals surface area contributed by atoms with Gasteiger partial charge in [0.1, 0.15) is 11.4 Å². The summed E-state index contributed by atoms with van der Waals surface area (Å²) >= 11 is 5.58. The van der Waals surface area contributed by atoms with Crippen molar-refractivity contribution in [3.05, 3.63) is 58.7 Å². The van der Waals surface area contributed by atoms with E-state index in [0.29, 0.717) is 17.3 Å². The topological polar surface area (TPSA) is 59.6 Å². The molecule has 1 aliphatic heterocycles. The third kappa shape index (κ3) is 5.07. The van der Waals surface area contributed by atoms with Crippen molar-refractivity contribution in [3.63, 3.8) is 0 Å². The predicted octanol–water partition coefficient (Wildman–Crippen LogP) is 5.07. The van der Waals surface area contributed by atoms with Gasteiger partial charge in [-0.2, -0.15) is 0 Å². The van der Waals surface area contributed by atoms with Crippen LogP contribution in [0.15, 0.2) is 36.4 Å². The first-order valence-corrected chi connectivity index (χ1v) is 10.2. The van der Waals surface area contributed by atoms with Crippen molar-refractivity contribution in [3.8, 4) is 5.75 Å². The van der Waals surface area contributed by atoms with Crippen LogP contribution >= 0.6 is 12.2 Å². The molecule has 2 aromatic rings. The number of carbonyl (C=O) groups excluding carboxylic acids is 1. The van der Waals surface area contributed by atoms with E-state index < -0.39 is 0 Å². The van der Waals surface area contributed by atoms with Crippen LogP contribution in [0, 0.1) is 13.8 Å². The maximum atomic E-state index is 11.9. The van der Waals surface area contributed by atoms with Crippen LogP contribution in [0.4, 0.5) is 5.69 Å². The molecule has 0 aliphatic carbocycles. The van der Waals surface area contributed by atoms with Crippen LogP contribution in [0.1, 0.15) is 60.3 Å². The molecule has 1 aliphatic rings. The summed E-state index contributed by atoms with van der Waals surface area (Å²) in [6.07, 6.45) is 0.797. The van der Waals surface area contributed by atoms with Crippen molar-refractivity contribution < 1.29 is 14.3 Å². The Morgan fingerprint density at radius 3 is 2.69 bits per heavy atom. The molecule has 0 fully saturated rings. The van der Waals surface area contributed by atoms with Crippen LogP contribution < -0.4 is 15.4 Å². The average molecular weight is 413 g/mol. The van der Waals surface area contributed by atoms with Crippen molar-refractivity contribution in [1.82, 2.24) is 5.32 Å². The summed E-state index contributed by atoms with van der Waals surface area (Å²) < 4.78 is 11.2. The summed E-state index contributed by atoms with van der Waals surface area (Å²) in [5, 5.41) is 7.22. The van der Waals surface area contributed by atoms with Gasteiger partial charge >= 0.3 is 5.97 Å². The minimum Gasteiger partial charge on any atom is -0.487 e. The highest BCUT2D eigenvalue weighted by Crippen LogP contribution is 2.39. The van der Waals surface area contributed by atoms with Crippen LogP contribution in [0.2, 0.25) is 0 Å². The number of hydrogen-bond acceptors (Lipinski definition) is 4. The van der Waals surface area contributed by atoms with Crippen molar-refractivity contribution >= 4 is 29.0 Å². The van der Waals surface area contributed by atoms with E-state index in [1.54, 1.807) is 19.1 Å². The summed E-state index contributed by atoms with van der Waals surface area (Å²) in [6.45, 7) is 10.3. The van der Waals surface area contributed by atoms with E-state index in [4.69, 9.17) is 21.7 Å². The van der Waals surface area contributed by atoms with Gasteiger partial charge in [0, 0.05) is 17.7 Å². The highest BCUT2D eigenvalue weighted by Gasteiger charge is 2.34. The summed E-state index contributed by atoms with van der Waals surface area (Å²) in [6, 6.07) is 11.7. The van der Waals surface area contributed by atoms with Gasteiger partial charge in [-0.3, -0.25) is 0 Å². The molecular weight excluding hydrogens is 384 g/mol. The summed E-state index contributed by atoms with van der Waals surface area (Å²) in [7, 11) is 0. The minimum absolute atomic E-state index is 0.0495. The number of thiocarbonyl (C=S) groups is 1. The average Bonchev–Trinajstić information content (AvgIpc) is 2.62. The molecule has 6 heteroatoms. The molecule has 2 aromatic carbocycles. The van der Waals surface area contributed by atoms with Crippen LogP contribution in [0.25, 0.3) is 0 Å². The minimum atomic E-state index is -0.320. The maximum absolute atomic E-state index is 11.9. The number of carbonyl (C=O) groups is 1. The molecule has 0 bridgehead atoms. The lowest BCUT2D eigenvalue weighted by Crippen LogP contribution is -2.42. The fourth-order valence-electron chi connectivity index (χ4n) is 3.55. The van der Waals surface area contributed by atoms with Crippen LogP contribution in [-0.4, -0.2) is 23.3 Å². The standard InChI is InChI=1S/C23H28N2O3S/c1-6-27-21(26)16-8-10-18(15(3)12-16)24-22(29)25-19-13-23(4,5)28-20-11-14(2)7-9-17(19)20/h7-12,19H,6,13H2,1-5H3,(H2,24,25,29)/t19-/m1/s1. The van der Waals surface area contributed by atoms with E-state index in [-0.39, 0.29) is 17.6 Å². The third-order valence-corrected chi connectivity index (χ3v) is 5.14. The van der Waals surface area contributed by atoms with Crippen molar-refractivity contribution in [2.75, 3.05) is 11.9 Å². The highest BCUT2D eigenvalue weighted by molar-refractivity contribution is 7.80. The quantitative estimate of drug-likeness (QED) is 0.540. The van der Waals surface area contributed by atoms with Crippen molar-refractivity contribution in [2.45, 2.75) is 52.7 Å². The number of hydrogen-bond donors (Lipinski definition) is 2. The molecule has 0 saturated heterocycles. The molecule has 1 atom stereocenters. The van der Waals surface area contributed by atoms with E-state index in [1.807, 2.05) is 13.0 Å². The Balaban J connectivity index is 1.73. The lowest BCUT2D eigenvalue weighted by Gasteiger charge is -2.38. The van der Waals surface area contributed by atoms with Gasteiger partial charge in [-0.15, -0.1) is 0 Å². The largest absolute Gasteiger partial charge is 0.487 e. The van der Waals surface area contributed by atoms with Crippen molar-refractivity contribution in [2.24, 2.45) is 0 Å². The Bertz CT molecular complexity index is 940. The van der Waals surface area contributed by atoms with Gasteiger partial charge in [-0.1, -0.05) is 12.1 Å². The fraction of sp³-hybridized carbons (Fsp3) is 0.391. The van der Waals surface area contributed by atoms with E-state index >= 15 is 0 Å². The Kier molecular flexibility index (Phi) is 6.13. The molecule has 0 aromatic heterocycles. The Hall–Kier alpha value is -2.60. The zero-order chi connectivity index (χ0) is 21.2. The van der Waals surface area contributed by atoms with Gasteiger partial charge in [0.05, 0.1) is 18.2 Å². The number of esters is 1. The summed E-state index contributed by atoms with van der Waals surface area (Å²) in [4.78, 5) is 11.9. The third-order valence-electron chi connectivity index (χ3n) is 4.92. The molecule has 29 heavy (non-hydrogen) atoms. The number of nitrogens with one attached hydrogen (secondary N) is 2. The second-order valence-corrected chi connectivity index (χ2v) is 8.42. The summed E-state index contributed by atoms with van der Waals surface area (Å²) in [5.74, 6) is 0.579. The van der Waals surface area contributed by atoms with Crippen LogP contribution in [0.5, 0.6) is 5.75 Å². The first kappa shape index (κ1) is 21.1. The van der Waals surface area contributed by atoms with Crippen LogP contribution in [0.3, 0.4) is 0 Å². The van der Waals surface area contributed by atoms with E-state index in [0.717, 1.165) is 29.0 Å². The van der Waals surface area contributed by atoms with Gasteiger partial charge in [-0.05, 0) is 82.2 Å². The second kappa shape index (κ2) is 8.41. The lowest BCUT2D eigenvalue weighted by molar-refractivity contribution is 0.0526. The lowest BCUT2D eigenvalue weighted by atomic mass is 9.89. The second-order valence-electron chi connectivity index (χ2n) is 8.01. The molecule has 0 spiro atoms. The Morgan fingerprint density at radius 2 is 2.00 bits per heavy atom. The normalized spacial score (nSPS) is 16.9. The molecule has 5 nitrogen and oxygen atoms in total. The molecule has 3 rings (SSSR count). The monoisotopic (exact) mass is 412 g/mol. The predicted molar refractivity (Wildman–Crippen MR) is 120 cm³/mol. The number of ether oxygens (including phenoxy) is 2. The zero-order valence-electron chi connectivity index (χ0n) is 17.6. The molecule has 1 heterocycles. The Morgan fingerprint density at radius 1 is 1.24 bits per heavy atom. The van der Waals surface area contributed by atoms with Gasteiger partial charge < -0.3 is 20.1 Å². The molecule has 0 unspecified atom stereocenters. The van der Waals surface area contributed by atoms with E-state index in [9.17, 15) is 4.79 Å². The number of anilines is 1. The van der Waals surface area contributed by atoms with Crippen molar-refractivity contribution in [1.29, 1.82) is 0 Å². The Labute approximate surface area is 177 Å². The van der Waals surface area contributed by atoms with Gasteiger partial charge in [0.15, 0.2) is 5.11 Å². The van der Waals surface area contributed by atoms with Crippen LogP contribution in [-0.2, 0) is 4.74 Å². The number of rotatable bonds is 4. The molecule has 0 amide bonds. The zero-order valence-corrected chi connectivity index (χ0v) is 18.4. The smallest absolute Gasteiger partial charge is 0.338 e. The number of aryl methyl sites for hydroxylation is 2. The molecular formula is C23H28N2O3S. The number of benzene rings is 2. The number of fused-ring (bicyclic) bond motifs is 1. The van der Waals surface area contributed by atoms with E-state index in [2.05, 4.69) is 49.6 Å². The molecule has 0 radical (unpaired) electrons. The van der Waals surface area contributed by atoms with E-state index in [1.165, 1.54) is 5.56 Å². The summed E-state index contributed by atoms with van der Waals surface area (Å²) in [5.41, 5.74) is 4.29. The molecule has 0 saturated carbocycles. The maximum Gasteiger partial charge on any atom is 0.338 e. The first-order chi connectivity index (χ1) is 13.7. The van der Waals surface area contributed by atoms with Gasteiger partial charge in [0.25, 0.3) is 0 Å². The molecule has 2 N–H and O–H groups in total. The van der Waals surface area contributed by atoms with Gasteiger partial charge in [-0.25, -0.2) is 4.79 Å². The highest BCUT2D eigenvalue weighted by atomic mass is 32.1. The molecule has 154 valence electrons. The van der Waals surface area contributed by atoms with Gasteiger partial charge in [0.2, 0.25) is 0 Å². The SMILES string of the molecule is CCOC(=O)c1ccc(NC(=S)N[C@@H]2CC(C)(C)Oc3cc(C)ccc32)c(C)c1.